The molecule has 0 aliphatic rings. The lowest BCUT2D eigenvalue weighted by Crippen LogP contribution is -2.43. The summed E-state index contributed by atoms with van der Waals surface area (Å²) in [4.78, 5) is 17.9. The van der Waals surface area contributed by atoms with E-state index in [-0.39, 0.29) is 11.7 Å². The first kappa shape index (κ1) is 18.9. The Bertz CT molecular complexity index is 552. The Balaban J connectivity index is 2.43. The first-order valence-electron chi connectivity index (χ1n) is 7.68. The lowest BCUT2D eigenvalue weighted by atomic mass is 9.96. The van der Waals surface area contributed by atoms with Crippen LogP contribution in [-0.4, -0.2) is 44.0 Å². The SMILES string of the molecule is CN=C(NCCNC(=O)C(C)(C)C)N(C)Cc1cccc(F)c1. The smallest absolute Gasteiger partial charge is 0.225 e. The van der Waals surface area contributed by atoms with E-state index in [0.29, 0.717) is 25.6 Å². The van der Waals surface area contributed by atoms with Crippen molar-refractivity contribution in [2.24, 2.45) is 10.4 Å². The molecular formula is C17H27FN4O. The maximum Gasteiger partial charge on any atom is 0.225 e. The summed E-state index contributed by atoms with van der Waals surface area (Å²) >= 11 is 0. The van der Waals surface area contributed by atoms with E-state index in [1.165, 1.54) is 12.1 Å². The molecule has 0 saturated heterocycles. The van der Waals surface area contributed by atoms with Gasteiger partial charge < -0.3 is 15.5 Å². The molecule has 0 atom stereocenters. The van der Waals surface area contributed by atoms with E-state index in [2.05, 4.69) is 15.6 Å². The second kappa shape index (κ2) is 8.50. The molecule has 0 aliphatic carbocycles. The Kier molecular flexibility index (Phi) is 7.00. The number of amides is 1. The Morgan fingerprint density at radius 2 is 1.91 bits per heavy atom. The van der Waals surface area contributed by atoms with Crippen molar-refractivity contribution >= 4 is 11.9 Å². The van der Waals surface area contributed by atoms with Crippen LogP contribution in [0.5, 0.6) is 0 Å². The van der Waals surface area contributed by atoms with Gasteiger partial charge in [-0.05, 0) is 17.7 Å². The quantitative estimate of drug-likeness (QED) is 0.495. The summed E-state index contributed by atoms with van der Waals surface area (Å²) in [7, 11) is 3.58. The van der Waals surface area contributed by atoms with Crippen LogP contribution in [0, 0.1) is 11.2 Å². The second-order valence-corrected chi connectivity index (χ2v) is 6.47. The summed E-state index contributed by atoms with van der Waals surface area (Å²) in [5.41, 5.74) is 0.479. The first-order valence-corrected chi connectivity index (χ1v) is 7.68. The van der Waals surface area contributed by atoms with Gasteiger partial charge in [0.25, 0.3) is 0 Å². The average molecular weight is 322 g/mol. The number of hydrogen-bond acceptors (Lipinski definition) is 2. The van der Waals surface area contributed by atoms with Gasteiger partial charge in [-0.2, -0.15) is 0 Å². The molecule has 128 valence electrons. The number of nitrogens with zero attached hydrogens (tertiary/aromatic N) is 2. The molecule has 0 bridgehead atoms. The first-order chi connectivity index (χ1) is 10.7. The van der Waals surface area contributed by atoms with Crippen molar-refractivity contribution in [1.82, 2.24) is 15.5 Å². The molecule has 0 radical (unpaired) electrons. The molecule has 1 rings (SSSR count). The minimum absolute atomic E-state index is 0.0161. The van der Waals surface area contributed by atoms with Crippen LogP contribution in [0.4, 0.5) is 4.39 Å². The summed E-state index contributed by atoms with van der Waals surface area (Å²) in [6.07, 6.45) is 0. The van der Waals surface area contributed by atoms with Crippen molar-refractivity contribution in [2.45, 2.75) is 27.3 Å². The van der Waals surface area contributed by atoms with Gasteiger partial charge in [-0.15, -0.1) is 0 Å². The maximum absolute atomic E-state index is 13.2. The van der Waals surface area contributed by atoms with Crippen LogP contribution in [0.3, 0.4) is 0 Å². The standard InChI is InChI=1S/C17H27FN4O/c1-17(2,3)15(23)20-9-10-21-16(19-4)22(5)12-13-7-6-8-14(18)11-13/h6-8,11H,9-10,12H2,1-5H3,(H,19,21)(H,20,23). The number of hydrogen-bond donors (Lipinski definition) is 2. The van der Waals surface area contributed by atoms with Crippen molar-refractivity contribution in [3.63, 3.8) is 0 Å². The zero-order valence-electron chi connectivity index (χ0n) is 14.6. The molecule has 0 unspecified atom stereocenters. The third-order valence-corrected chi connectivity index (χ3v) is 3.26. The van der Waals surface area contributed by atoms with E-state index in [1.54, 1.807) is 13.1 Å². The van der Waals surface area contributed by atoms with Gasteiger partial charge in [0.1, 0.15) is 5.82 Å². The Morgan fingerprint density at radius 1 is 1.26 bits per heavy atom. The number of guanidine groups is 1. The predicted octanol–water partition coefficient (Wildman–Crippen LogP) is 2.00. The molecule has 0 fully saturated rings. The molecule has 0 aliphatic heterocycles. The normalized spacial score (nSPS) is 12.0. The van der Waals surface area contributed by atoms with Gasteiger partial charge in [-0.1, -0.05) is 32.9 Å². The Labute approximate surface area is 138 Å². The highest BCUT2D eigenvalue weighted by Gasteiger charge is 2.20. The molecule has 2 N–H and O–H groups in total. The molecule has 1 aromatic rings. The number of rotatable bonds is 5. The fourth-order valence-corrected chi connectivity index (χ4v) is 1.98. The maximum atomic E-state index is 13.2. The van der Waals surface area contributed by atoms with Crippen molar-refractivity contribution in [3.05, 3.63) is 35.6 Å². The molecule has 0 saturated carbocycles. The van der Waals surface area contributed by atoms with E-state index in [1.807, 2.05) is 38.8 Å². The molecule has 1 amide bonds. The summed E-state index contributed by atoms with van der Waals surface area (Å²) in [6.45, 7) is 7.26. The lowest BCUT2D eigenvalue weighted by Gasteiger charge is -2.23. The van der Waals surface area contributed by atoms with Crippen LogP contribution < -0.4 is 10.6 Å². The summed E-state index contributed by atoms with van der Waals surface area (Å²) < 4.78 is 13.2. The molecular weight excluding hydrogens is 295 g/mol. The highest BCUT2D eigenvalue weighted by Crippen LogP contribution is 2.11. The number of carbonyl (C=O) groups excluding carboxylic acids is 1. The lowest BCUT2D eigenvalue weighted by molar-refractivity contribution is -0.128. The predicted molar refractivity (Wildman–Crippen MR) is 91.7 cm³/mol. The zero-order valence-corrected chi connectivity index (χ0v) is 14.6. The van der Waals surface area contributed by atoms with Gasteiger partial charge in [0.05, 0.1) is 0 Å². The van der Waals surface area contributed by atoms with Gasteiger partial charge in [0, 0.05) is 39.1 Å². The molecule has 23 heavy (non-hydrogen) atoms. The van der Waals surface area contributed by atoms with E-state index in [0.717, 1.165) is 5.56 Å². The van der Waals surface area contributed by atoms with Crippen LogP contribution in [0.25, 0.3) is 0 Å². The fraction of sp³-hybridized carbons (Fsp3) is 0.529. The highest BCUT2D eigenvalue weighted by molar-refractivity contribution is 5.81. The Hall–Kier alpha value is -2.11. The van der Waals surface area contributed by atoms with Crippen molar-refractivity contribution in [3.8, 4) is 0 Å². The largest absolute Gasteiger partial charge is 0.354 e. The molecule has 0 aromatic heterocycles. The van der Waals surface area contributed by atoms with Gasteiger partial charge in [-0.25, -0.2) is 4.39 Å². The Morgan fingerprint density at radius 3 is 2.48 bits per heavy atom. The summed E-state index contributed by atoms with van der Waals surface area (Å²) in [5, 5.41) is 6.05. The molecule has 1 aromatic carbocycles. The zero-order chi connectivity index (χ0) is 17.5. The van der Waals surface area contributed by atoms with Crippen molar-refractivity contribution in [2.75, 3.05) is 27.2 Å². The number of benzene rings is 1. The minimum Gasteiger partial charge on any atom is -0.354 e. The monoisotopic (exact) mass is 322 g/mol. The molecule has 0 heterocycles. The minimum atomic E-state index is -0.393. The molecule has 6 heteroatoms. The van der Waals surface area contributed by atoms with Crippen molar-refractivity contribution in [1.29, 1.82) is 0 Å². The van der Waals surface area contributed by atoms with Crippen LogP contribution >= 0.6 is 0 Å². The number of halogens is 1. The van der Waals surface area contributed by atoms with E-state index in [4.69, 9.17) is 0 Å². The van der Waals surface area contributed by atoms with Crippen LogP contribution in [0.2, 0.25) is 0 Å². The second-order valence-electron chi connectivity index (χ2n) is 6.47. The number of carbonyl (C=O) groups is 1. The van der Waals surface area contributed by atoms with Gasteiger partial charge in [0.15, 0.2) is 5.96 Å². The van der Waals surface area contributed by atoms with Crippen LogP contribution in [0.15, 0.2) is 29.3 Å². The fourth-order valence-electron chi connectivity index (χ4n) is 1.98. The van der Waals surface area contributed by atoms with Gasteiger partial charge in [0.2, 0.25) is 5.91 Å². The van der Waals surface area contributed by atoms with Crippen LogP contribution in [-0.2, 0) is 11.3 Å². The van der Waals surface area contributed by atoms with E-state index < -0.39 is 5.41 Å². The molecule has 0 spiro atoms. The van der Waals surface area contributed by atoms with Crippen LogP contribution in [0.1, 0.15) is 26.3 Å². The number of aliphatic imine (C=N–C) groups is 1. The third-order valence-electron chi connectivity index (χ3n) is 3.26. The van der Waals surface area contributed by atoms with E-state index in [9.17, 15) is 9.18 Å². The summed E-state index contributed by atoms with van der Waals surface area (Å²) in [6, 6.07) is 6.49. The van der Waals surface area contributed by atoms with E-state index >= 15 is 0 Å². The van der Waals surface area contributed by atoms with Crippen molar-refractivity contribution < 1.29 is 9.18 Å². The highest BCUT2D eigenvalue weighted by atomic mass is 19.1. The summed E-state index contributed by atoms with van der Waals surface area (Å²) in [5.74, 6) is 0.463. The third kappa shape index (κ3) is 6.67. The number of nitrogens with one attached hydrogen (secondary N) is 2. The average Bonchev–Trinajstić information content (AvgIpc) is 2.45. The topological polar surface area (TPSA) is 56.7 Å². The van der Waals surface area contributed by atoms with Gasteiger partial charge in [-0.3, -0.25) is 9.79 Å². The molecule has 5 nitrogen and oxygen atoms in total. The van der Waals surface area contributed by atoms with Gasteiger partial charge >= 0.3 is 0 Å².